The molecular formula is C21H25NO2S. The molecule has 0 saturated carbocycles. The van der Waals surface area contributed by atoms with E-state index < -0.39 is 0 Å². The smallest absolute Gasteiger partial charge is 0.253 e. The molecule has 2 aromatic carbocycles. The van der Waals surface area contributed by atoms with Crippen LogP contribution in [0.5, 0.6) is 5.75 Å². The molecule has 1 aliphatic heterocycles. The number of amides is 1. The fourth-order valence-electron chi connectivity index (χ4n) is 3.10. The zero-order valence-corrected chi connectivity index (χ0v) is 15.8. The first-order chi connectivity index (χ1) is 12.2. The Balaban J connectivity index is 1.75. The molecule has 0 aromatic heterocycles. The molecule has 132 valence electrons. The van der Waals surface area contributed by atoms with Crippen LogP contribution in [0.1, 0.15) is 40.7 Å². The van der Waals surface area contributed by atoms with Gasteiger partial charge in [-0.3, -0.25) is 4.79 Å². The number of carbonyl (C=O) groups is 1. The quantitative estimate of drug-likeness (QED) is 0.713. The Hall–Kier alpha value is -1.94. The van der Waals surface area contributed by atoms with E-state index in [1.807, 2.05) is 23.1 Å². The van der Waals surface area contributed by atoms with Crippen molar-refractivity contribution in [2.45, 2.75) is 36.8 Å². The molecule has 0 N–H and O–H groups in total. The van der Waals surface area contributed by atoms with Gasteiger partial charge in [0.25, 0.3) is 5.91 Å². The van der Waals surface area contributed by atoms with Crippen molar-refractivity contribution in [2.75, 3.05) is 20.2 Å². The monoisotopic (exact) mass is 355 g/mol. The molecule has 25 heavy (non-hydrogen) atoms. The summed E-state index contributed by atoms with van der Waals surface area (Å²) in [5, 5.41) is 0. The fourth-order valence-corrected chi connectivity index (χ4v) is 3.98. The van der Waals surface area contributed by atoms with Crippen molar-refractivity contribution in [3.63, 3.8) is 0 Å². The number of rotatable bonds is 5. The highest BCUT2D eigenvalue weighted by Gasteiger charge is 2.19. The number of carbonyl (C=O) groups excluding carboxylic acids is 1. The second-order valence-electron chi connectivity index (χ2n) is 6.48. The Morgan fingerprint density at radius 2 is 1.80 bits per heavy atom. The van der Waals surface area contributed by atoms with E-state index in [4.69, 9.17) is 4.74 Å². The van der Waals surface area contributed by atoms with Crippen LogP contribution in [0, 0.1) is 6.92 Å². The zero-order valence-electron chi connectivity index (χ0n) is 15.0. The van der Waals surface area contributed by atoms with Gasteiger partial charge in [0.1, 0.15) is 5.75 Å². The molecule has 0 unspecified atom stereocenters. The van der Waals surface area contributed by atoms with Crippen molar-refractivity contribution in [2.24, 2.45) is 0 Å². The molecule has 0 atom stereocenters. The molecule has 1 fully saturated rings. The van der Waals surface area contributed by atoms with Crippen molar-refractivity contribution in [1.82, 2.24) is 4.90 Å². The summed E-state index contributed by atoms with van der Waals surface area (Å²) in [5.74, 6) is 1.77. The minimum Gasteiger partial charge on any atom is -0.496 e. The van der Waals surface area contributed by atoms with Crippen LogP contribution in [-0.4, -0.2) is 31.0 Å². The number of likely N-dealkylation sites (tertiary alicyclic amines) is 1. The number of nitrogens with zero attached hydrogens (tertiary/aromatic N) is 1. The van der Waals surface area contributed by atoms with Gasteiger partial charge in [0.2, 0.25) is 0 Å². The van der Waals surface area contributed by atoms with Gasteiger partial charge in [-0.25, -0.2) is 0 Å². The lowest BCUT2D eigenvalue weighted by molar-refractivity contribution is 0.0724. The van der Waals surface area contributed by atoms with Gasteiger partial charge >= 0.3 is 0 Å². The maximum Gasteiger partial charge on any atom is 0.253 e. The summed E-state index contributed by atoms with van der Waals surface area (Å²) in [6.07, 6.45) is 3.45. The Labute approximate surface area is 154 Å². The van der Waals surface area contributed by atoms with Crippen LogP contribution in [-0.2, 0) is 5.75 Å². The van der Waals surface area contributed by atoms with Gasteiger partial charge in [0, 0.05) is 34.9 Å². The van der Waals surface area contributed by atoms with Crippen LogP contribution >= 0.6 is 11.8 Å². The van der Waals surface area contributed by atoms with Crippen molar-refractivity contribution >= 4 is 17.7 Å². The molecule has 1 amide bonds. The van der Waals surface area contributed by atoms with Gasteiger partial charge in [0.15, 0.2) is 0 Å². The van der Waals surface area contributed by atoms with Crippen LogP contribution < -0.4 is 4.74 Å². The third kappa shape index (κ3) is 4.57. The molecule has 0 spiro atoms. The third-order valence-electron chi connectivity index (χ3n) is 4.59. The molecule has 0 radical (unpaired) electrons. The van der Waals surface area contributed by atoms with Crippen molar-refractivity contribution in [3.05, 3.63) is 59.2 Å². The van der Waals surface area contributed by atoms with E-state index in [0.29, 0.717) is 0 Å². The SMILES string of the molecule is COc1ccc(C(=O)N2CCCCC2)cc1CSc1ccc(C)cc1. The highest BCUT2D eigenvalue weighted by molar-refractivity contribution is 7.98. The first-order valence-electron chi connectivity index (χ1n) is 8.83. The van der Waals surface area contributed by atoms with Gasteiger partial charge in [-0.1, -0.05) is 17.7 Å². The summed E-state index contributed by atoms with van der Waals surface area (Å²) < 4.78 is 5.49. The predicted octanol–water partition coefficient (Wildman–Crippen LogP) is 4.92. The molecule has 3 nitrogen and oxygen atoms in total. The number of hydrogen-bond acceptors (Lipinski definition) is 3. The average molecular weight is 356 g/mol. The van der Waals surface area contributed by atoms with Gasteiger partial charge in [-0.05, 0) is 56.5 Å². The van der Waals surface area contributed by atoms with Gasteiger partial charge in [-0.15, -0.1) is 11.8 Å². The van der Waals surface area contributed by atoms with Crippen molar-refractivity contribution < 1.29 is 9.53 Å². The number of piperidine rings is 1. The van der Waals surface area contributed by atoms with E-state index in [9.17, 15) is 4.79 Å². The lowest BCUT2D eigenvalue weighted by Crippen LogP contribution is -2.35. The zero-order chi connectivity index (χ0) is 17.6. The highest BCUT2D eigenvalue weighted by Crippen LogP contribution is 2.29. The number of aryl methyl sites for hydroxylation is 1. The average Bonchev–Trinajstić information content (AvgIpc) is 2.67. The molecular weight excluding hydrogens is 330 g/mol. The van der Waals surface area contributed by atoms with E-state index in [1.165, 1.54) is 16.9 Å². The summed E-state index contributed by atoms with van der Waals surface area (Å²) >= 11 is 1.76. The maximum absolute atomic E-state index is 12.7. The molecule has 3 rings (SSSR count). The standard InChI is InChI=1S/C21H25NO2S/c1-16-6-9-19(10-7-16)25-15-18-14-17(8-11-20(18)24-2)21(23)22-12-4-3-5-13-22/h6-11,14H,3-5,12-13,15H2,1-2H3. The van der Waals surface area contributed by atoms with Crippen molar-refractivity contribution in [1.29, 1.82) is 0 Å². The number of ether oxygens (including phenoxy) is 1. The summed E-state index contributed by atoms with van der Waals surface area (Å²) in [6, 6.07) is 14.3. The molecule has 1 aliphatic rings. The largest absolute Gasteiger partial charge is 0.496 e. The first-order valence-corrected chi connectivity index (χ1v) is 9.81. The lowest BCUT2D eigenvalue weighted by Gasteiger charge is -2.27. The summed E-state index contributed by atoms with van der Waals surface area (Å²) in [6.45, 7) is 3.84. The minimum absolute atomic E-state index is 0.143. The Bertz CT molecular complexity index is 721. The number of benzene rings is 2. The van der Waals surface area contributed by atoms with E-state index in [1.54, 1.807) is 18.9 Å². The van der Waals surface area contributed by atoms with E-state index in [2.05, 4.69) is 31.2 Å². The summed E-state index contributed by atoms with van der Waals surface area (Å²) in [4.78, 5) is 15.9. The Morgan fingerprint density at radius 1 is 1.08 bits per heavy atom. The number of methoxy groups -OCH3 is 1. The predicted molar refractivity (Wildman–Crippen MR) is 103 cm³/mol. The molecule has 4 heteroatoms. The second kappa shape index (κ2) is 8.43. The van der Waals surface area contributed by atoms with Crippen LogP contribution in [0.3, 0.4) is 0 Å². The van der Waals surface area contributed by atoms with E-state index in [-0.39, 0.29) is 5.91 Å². The topological polar surface area (TPSA) is 29.5 Å². The van der Waals surface area contributed by atoms with Gasteiger partial charge in [-0.2, -0.15) is 0 Å². The lowest BCUT2D eigenvalue weighted by atomic mass is 10.1. The highest BCUT2D eigenvalue weighted by atomic mass is 32.2. The first kappa shape index (κ1) is 17.9. The normalized spacial score (nSPS) is 14.4. The number of thioether (sulfide) groups is 1. The molecule has 0 aliphatic carbocycles. The van der Waals surface area contributed by atoms with E-state index >= 15 is 0 Å². The molecule has 1 saturated heterocycles. The fraction of sp³-hybridized carbons (Fsp3) is 0.381. The van der Waals surface area contributed by atoms with Gasteiger partial charge in [0.05, 0.1) is 7.11 Å². The second-order valence-corrected chi connectivity index (χ2v) is 7.53. The Morgan fingerprint density at radius 3 is 2.48 bits per heavy atom. The molecule has 0 bridgehead atoms. The molecule has 2 aromatic rings. The maximum atomic E-state index is 12.7. The van der Waals surface area contributed by atoms with Crippen molar-refractivity contribution in [3.8, 4) is 5.75 Å². The van der Waals surface area contributed by atoms with Crippen LogP contribution in [0.2, 0.25) is 0 Å². The van der Waals surface area contributed by atoms with Crippen LogP contribution in [0.4, 0.5) is 0 Å². The van der Waals surface area contributed by atoms with Gasteiger partial charge < -0.3 is 9.64 Å². The molecule has 1 heterocycles. The number of hydrogen-bond donors (Lipinski definition) is 0. The minimum atomic E-state index is 0.143. The summed E-state index contributed by atoms with van der Waals surface area (Å²) in [7, 11) is 1.68. The van der Waals surface area contributed by atoms with E-state index in [0.717, 1.165) is 48.6 Å². The van der Waals surface area contributed by atoms with Crippen LogP contribution in [0.25, 0.3) is 0 Å². The Kier molecular flexibility index (Phi) is 6.03. The van der Waals surface area contributed by atoms with Crippen LogP contribution in [0.15, 0.2) is 47.4 Å². The summed E-state index contributed by atoms with van der Waals surface area (Å²) in [5.41, 5.74) is 3.09. The third-order valence-corrected chi connectivity index (χ3v) is 5.65.